The summed E-state index contributed by atoms with van der Waals surface area (Å²) in [6, 6.07) is 13.1. The quantitative estimate of drug-likeness (QED) is 0.682. The van der Waals surface area contributed by atoms with Crippen LogP contribution in [0.15, 0.2) is 46.9 Å². The summed E-state index contributed by atoms with van der Waals surface area (Å²) >= 11 is 0. The molecule has 0 saturated carbocycles. The molecule has 0 spiro atoms. The van der Waals surface area contributed by atoms with Crippen molar-refractivity contribution in [2.75, 3.05) is 17.2 Å². The fraction of sp³-hybridized carbons (Fsp3) is 0.235. The van der Waals surface area contributed by atoms with Crippen LogP contribution in [0.25, 0.3) is 21.9 Å². The number of carbonyl (C=O) groups excluding carboxylic acids is 1. The third kappa shape index (κ3) is 2.65. The van der Waals surface area contributed by atoms with Crippen LogP contribution in [-0.4, -0.2) is 26.6 Å². The summed E-state index contributed by atoms with van der Waals surface area (Å²) < 4.78 is 40.3. The van der Waals surface area contributed by atoms with E-state index >= 15 is 0 Å². The number of carbonyl (C=O) groups is 1. The number of anilines is 1. The van der Waals surface area contributed by atoms with E-state index in [0.29, 0.717) is 11.3 Å². The van der Waals surface area contributed by atoms with Gasteiger partial charge in [-0.1, -0.05) is 18.2 Å². The van der Waals surface area contributed by atoms with Crippen molar-refractivity contribution in [3.8, 4) is 0 Å². The van der Waals surface area contributed by atoms with Crippen molar-refractivity contribution in [3.63, 3.8) is 0 Å². The van der Waals surface area contributed by atoms with E-state index in [9.17, 15) is 17.1 Å². The summed E-state index contributed by atoms with van der Waals surface area (Å²) in [5.41, 5.74) is 2.05. The van der Waals surface area contributed by atoms with Gasteiger partial charge in [0.05, 0.1) is 5.75 Å². The second-order valence-corrected chi connectivity index (χ2v) is 7.47. The largest absolute Gasteiger partial charge is 0.456 e. The fourth-order valence-electron chi connectivity index (χ4n) is 3.31. The first kappa shape index (κ1) is 15.1. The lowest BCUT2D eigenvalue weighted by atomic mass is 10.1. The SMILES string of the molecule is O=C1CC(CS(=O)(=O)F)CN1c1ccc2c(c1)oc1ccccc12. The van der Waals surface area contributed by atoms with Gasteiger partial charge in [0.15, 0.2) is 0 Å². The predicted molar refractivity (Wildman–Crippen MR) is 89.1 cm³/mol. The summed E-state index contributed by atoms with van der Waals surface area (Å²) in [4.78, 5) is 13.6. The van der Waals surface area contributed by atoms with Crippen molar-refractivity contribution in [1.82, 2.24) is 0 Å². The molecule has 1 unspecified atom stereocenters. The van der Waals surface area contributed by atoms with E-state index in [2.05, 4.69) is 0 Å². The molecule has 5 nitrogen and oxygen atoms in total. The molecule has 0 bridgehead atoms. The number of halogens is 1. The van der Waals surface area contributed by atoms with Crippen LogP contribution in [0, 0.1) is 5.92 Å². The van der Waals surface area contributed by atoms with Crippen LogP contribution >= 0.6 is 0 Å². The standard InChI is InChI=1S/C17H14FNO4S/c18-24(21,22)10-11-7-17(20)19(9-11)12-5-6-14-13-3-1-2-4-15(13)23-16(14)8-12/h1-6,8,11H,7,9-10H2. The van der Waals surface area contributed by atoms with Crippen molar-refractivity contribution in [3.05, 3.63) is 42.5 Å². The second kappa shape index (κ2) is 5.31. The summed E-state index contributed by atoms with van der Waals surface area (Å²) in [7, 11) is -4.59. The van der Waals surface area contributed by atoms with Crippen molar-refractivity contribution in [1.29, 1.82) is 0 Å². The Hall–Kier alpha value is -2.41. The van der Waals surface area contributed by atoms with E-state index in [1.807, 2.05) is 30.3 Å². The Morgan fingerprint density at radius 1 is 1.12 bits per heavy atom. The first-order chi connectivity index (χ1) is 11.4. The molecule has 3 aromatic rings. The van der Waals surface area contributed by atoms with Gasteiger partial charge in [0.2, 0.25) is 5.91 Å². The summed E-state index contributed by atoms with van der Waals surface area (Å²) in [6.45, 7) is 0.188. The number of benzene rings is 2. The third-order valence-electron chi connectivity index (χ3n) is 4.31. The molecule has 1 atom stereocenters. The summed E-state index contributed by atoms with van der Waals surface area (Å²) in [5.74, 6) is -1.36. The Balaban J connectivity index is 1.69. The molecule has 1 fully saturated rings. The summed E-state index contributed by atoms with van der Waals surface area (Å²) in [6.07, 6.45) is 0.0291. The van der Waals surface area contributed by atoms with Gasteiger partial charge in [-0.05, 0) is 18.2 Å². The highest BCUT2D eigenvalue weighted by Gasteiger charge is 2.33. The van der Waals surface area contributed by atoms with Crippen molar-refractivity contribution in [2.45, 2.75) is 6.42 Å². The molecule has 124 valence electrons. The van der Waals surface area contributed by atoms with Gasteiger partial charge in [0, 0.05) is 41.4 Å². The molecule has 0 N–H and O–H groups in total. The van der Waals surface area contributed by atoms with Crippen molar-refractivity contribution >= 4 is 43.8 Å². The van der Waals surface area contributed by atoms with Crippen LogP contribution in [0.5, 0.6) is 0 Å². The lowest BCUT2D eigenvalue weighted by Gasteiger charge is -2.16. The molecule has 0 radical (unpaired) electrons. The zero-order valence-electron chi connectivity index (χ0n) is 12.6. The van der Waals surface area contributed by atoms with Gasteiger partial charge in [-0.25, -0.2) is 0 Å². The monoisotopic (exact) mass is 347 g/mol. The van der Waals surface area contributed by atoms with Crippen molar-refractivity contribution in [2.24, 2.45) is 5.92 Å². The van der Waals surface area contributed by atoms with E-state index in [-0.39, 0.29) is 18.9 Å². The maximum absolute atomic E-state index is 12.9. The molecule has 1 saturated heterocycles. The molecule has 1 amide bonds. The van der Waals surface area contributed by atoms with Gasteiger partial charge in [0.1, 0.15) is 11.2 Å². The van der Waals surface area contributed by atoms with Gasteiger partial charge < -0.3 is 9.32 Å². The average Bonchev–Trinajstić information content (AvgIpc) is 3.05. The first-order valence-corrected chi connectivity index (χ1v) is 9.10. The number of hydrogen-bond acceptors (Lipinski definition) is 4. The molecule has 7 heteroatoms. The second-order valence-electron chi connectivity index (χ2n) is 6.06. The Bertz CT molecular complexity index is 1060. The molecule has 4 rings (SSSR count). The lowest BCUT2D eigenvalue weighted by Crippen LogP contribution is -2.25. The molecule has 1 aromatic heterocycles. The van der Waals surface area contributed by atoms with Crippen molar-refractivity contribution < 1.29 is 21.5 Å². The highest BCUT2D eigenvalue weighted by atomic mass is 32.3. The predicted octanol–water partition coefficient (Wildman–Crippen LogP) is 3.24. The third-order valence-corrected chi connectivity index (χ3v) is 5.18. The van der Waals surface area contributed by atoms with E-state index in [4.69, 9.17) is 4.42 Å². The Morgan fingerprint density at radius 3 is 2.67 bits per heavy atom. The lowest BCUT2D eigenvalue weighted by molar-refractivity contribution is -0.117. The normalized spacial score (nSPS) is 18.8. The number of nitrogens with zero attached hydrogens (tertiary/aromatic N) is 1. The molecule has 1 aliphatic heterocycles. The minimum absolute atomic E-state index is 0.0291. The Labute approximate surface area is 137 Å². The topological polar surface area (TPSA) is 67.6 Å². The number of hydrogen-bond donors (Lipinski definition) is 0. The molecule has 1 aliphatic rings. The van der Waals surface area contributed by atoms with E-state index in [1.54, 1.807) is 12.1 Å². The van der Waals surface area contributed by atoms with Gasteiger partial charge >= 0.3 is 10.2 Å². The zero-order valence-corrected chi connectivity index (χ0v) is 13.4. The smallest absolute Gasteiger partial charge is 0.302 e. The van der Waals surface area contributed by atoms with Gasteiger partial charge in [0.25, 0.3) is 0 Å². The van der Waals surface area contributed by atoms with Crippen LogP contribution in [0.1, 0.15) is 6.42 Å². The number of para-hydroxylation sites is 1. The van der Waals surface area contributed by atoms with Crippen LogP contribution in [-0.2, 0) is 15.0 Å². The molecular formula is C17H14FNO4S. The minimum atomic E-state index is -4.59. The minimum Gasteiger partial charge on any atom is -0.456 e. The first-order valence-electron chi connectivity index (χ1n) is 7.55. The Kier molecular flexibility index (Phi) is 3.35. The van der Waals surface area contributed by atoms with Gasteiger partial charge in [-0.3, -0.25) is 4.79 Å². The fourth-order valence-corrected chi connectivity index (χ4v) is 4.09. The number of furan rings is 1. The van der Waals surface area contributed by atoms with E-state index in [0.717, 1.165) is 16.4 Å². The van der Waals surface area contributed by atoms with Gasteiger partial charge in [-0.2, -0.15) is 8.42 Å². The number of amides is 1. The molecule has 2 aromatic carbocycles. The van der Waals surface area contributed by atoms with E-state index in [1.165, 1.54) is 4.90 Å². The van der Waals surface area contributed by atoms with Crippen LogP contribution in [0.4, 0.5) is 9.57 Å². The van der Waals surface area contributed by atoms with Gasteiger partial charge in [-0.15, -0.1) is 3.89 Å². The van der Waals surface area contributed by atoms with Crippen LogP contribution in [0.3, 0.4) is 0 Å². The zero-order chi connectivity index (χ0) is 16.9. The molecular weight excluding hydrogens is 333 g/mol. The summed E-state index contributed by atoms with van der Waals surface area (Å²) in [5, 5.41) is 1.94. The molecule has 24 heavy (non-hydrogen) atoms. The highest BCUT2D eigenvalue weighted by molar-refractivity contribution is 7.86. The number of rotatable bonds is 3. The highest BCUT2D eigenvalue weighted by Crippen LogP contribution is 2.33. The maximum Gasteiger partial charge on any atom is 0.302 e. The average molecular weight is 347 g/mol. The number of fused-ring (bicyclic) bond motifs is 3. The van der Waals surface area contributed by atoms with Crippen LogP contribution in [0.2, 0.25) is 0 Å². The molecule has 2 heterocycles. The maximum atomic E-state index is 12.9. The molecule has 0 aliphatic carbocycles. The van der Waals surface area contributed by atoms with Crippen LogP contribution < -0.4 is 4.90 Å². The van der Waals surface area contributed by atoms with E-state index < -0.39 is 21.9 Å². The Morgan fingerprint density at radius 2 is 1.88 bits per heavy atom.